The lowest BCUT2D eigenvalue weighted by Crippen LogP contribution is -2.39. The van der Waals surface area contributed by atoms with Crippen LogP contribution in [0.5, 0.6) is 0 Å². The highest BCUT2D eigenvalue weighted by atomic mass is 32.1. The summed E-state index contributed by atoms with van der Waals surface area (Å²) in [5.41, 5.74) is 0.928. The summed E-state index contributed by atoms with van der Waals surface area (Å²) in [5, 5.41) is 1.80. The minimum absolute atomic E-state index is 0.342. The van der Waals surface area contributed by atoms with Gasteiger partial charge in [-0.1, -0.05) is 0 Å². The van der Waals surface area contributed by atoms with Gasteiger partial charge in [-0.05, 0) is 27.2 Å². The van der Waals surface area contributed by atoms with E-state index in [1.54, 1.807) is 21.6 Å². The quantitative estimate of drug-likeness (QED) is 0.748. The number of methoxy groups -OCH3 is 1. The van der Waals surface area contributed by atoms with E-state index in [9.17, 15) is 9.59 Å². The number of hydrogen-bond acceptors (Lipinski definition) is 5. The molecule has 2 rings (SSSR count). The van der Waals surface area contributed by atoms with Gasteiger partial charge in [-0.25, -0.2) is 9.59 Å². The molecule has 1 aliphatic rings. The molecule has 0 unspecified atom stereocenters. The first-order valence-electron chi connectivity index (χ1n) is 6.47. The lowest BCUT2D eigenvalue weighted by Gasteiger charge is -2.30. The molecule has 1 aliphatic heterocycles. The van der Waals surface area contributed by atoms with Crippen LogP contribution < -0.4 is 0 Å². The van der Waals surface area contributed by atoms with Gasteiger partial charge < -0.3 is 14.4 Å². The molecular weight excluding hydrogens is 278 g/mol. The number of carbonyl (C=O) groups is 2. The maximum absolute atomic E-state index is 12.1. The Morgan fingerprint density at radius 3 is 2.65 bits per heavy atom. The normalized spacial score (nSPS) is 14.7. The lowest BCUT2D eigenvalue weighted by atomic mass is 10.1. The van der Waals surface area contributed by atoms with Crippen LogP contribution in [-0.2, 0) is 22.4 Å². The molecule has 110 valence electrons. The van der Waals surface area contributed by atoms with E-state index in [-0.39, 0.29) is 12.1 Å². The predicted molar refractivity (Wildman–Crippen MR) is 76.0 cm³/mol. The second-order valence-corrected chi connectivity index (χ2v) is 6.66. The summed E-state index contributed by atoms with van der Waals surface area (Å²) in [4.78, 5) is 26.6. The minimum Gasteiger partial charge on any atom is -0.465 e. The molecule has 0 saturated carbocycles. The molecule has 2 heterocycles. The second kappa shape index (κ2) is 5.44. The maximum atomic E-state index is 12.1. The monoisotopic (exact) mass is 297 g/mol. The van der Waals surface area contributed by atoms with Crippen LogP contribution in [0.4, 0.5) is 4.79 Å². The Bertz CT molecular complexity index is 530. The maximum Gasteiger partial charge on any atom is 0.410 e. The van der Waals surface area contributed by atoms with Crippen LogP contribution in [0, 0.1) is 0 Å². The molecule has 6 heteroatoms. The first-order chi connectivity index (χ1) is 9.31. The van der Waals surface area contributed by atoms with Crippen LogP contribution in [0.2, 0.25) is 0 Å². The molecule has 20 heavy (non-hydrogen) atoms. The second-order valence-electron chi connectivity index (χ2n) is 5.69. The van der Waals surface area contributed by atoms with Crippen molar-refractivity contribution in [2.75, 3.05) is 13.7 Å². The van der Waals surface area contributed by atoms with Crippen molar-refractivity contribution in [3.63, 3.8) is 0 Å². The van der Waals surface area contributed by atoms with E-state index in [1.165, 1.54) is 7.11 Å². The van der Waals surface area contributed by atoms with Gasteiger partial charge in [-0.15, -0.1) is 11.3 Å². The summed E-state index contributed by atoms with van der Waals surface area (Å²) < 4.78 is 10.1. The fourth-order valence-corrected chi connectivity index (χ4v) is 3.10. The minimum atomic E-state index is -0.517. The Labute approximate surface area is 122 Å². The van der Waals surface area contributed by atoms with Gasteiger partial charge in [0.25, 0.3) is 0 Å². The molecule has 0 N–H and O–H groups in total. The van der Waals surface area contributed by atoms with Crippen molar-refractivity contribution in [2.24, 2.45) is 0 Å². The van der Waals surface area contributed by atoms with Gasteiger partial charge in [-0.3, -0.25) is 0 Å². The van der Waals surface area contributed by atoms with Gasteiger partial charge in [0.15, 0.2) is 0 Å². The Kier molecular flexibility index (Phi) is 4.04. The molecule has 0 spiro atoms. The smallest absolute Gasteiger partial charge is 0.410 e. The zero-order valence-corrected chi connectivity index (χ0v) is 13.0. The zero-order valence-electron chi connectivity index (χ0n) is 12.2. The average Bonchev–Trinajstić information content (AvgIpc) is 2.78. The molecule has 0 saturated heterocycles. The van der Waals surface area contributed by atoms with E-state index in [0.717, 1.165) is 16.9 Å². The molecule has 0 bridgehead atoms. The van der Waals surface area contributed by atoms with Crippen molar-refractivity contribution in [3.05, 3.63) is 21.4 Å². The fraction of sp³-hybridized carbons (Fsp3) is 0.571. The van der Waals surface area contributed by atoms with Gasteiger partial charge in [-0.2, -0.15) is 0 Å². The van der Waals surface area contributed by atoms with Crippen molar-refractivity contribution < 1.29 is 19.1 Å². The van der Waals surface area contributed by atoms with Gasteiger partial charge in [0.2, 0.25) is 0 Å². The summed E-state index contributed by atoms with van der Waals surface area (Å²) in [6, 6.07) is 0. The Morgan fingerprint density at radius 1 is 1.35 bits per heavy atom. The number of hydrogen-bond donors (Lipinski definition) is 0. The predicted octanol–water partition coefficient (Wildman–Crippen LogP) is 2.83. The molecule has 0 aliphatic carbocycles. The van der Waals surface area contributed by atoms with Crippen molar-refractivity contribution in [3.8, 4) is 0 Å². The first kappa shape index (κ1) is 14.8. The first-order valence-corrected chi connectivity index (χ1v) is 7.35. The third-order valence-corrected chi connectivity index (χ3v) is 4.08. The average molecular weight is 297 g/mol. The molecule has 1 amide bonds. The molecule has 5 nitrogen and oxygen atoms in total. The number of fused-ring (bicyclic) bond motifs is 1. The van der Waals surface area contributed by atoms with Crippen molar-refractivity contribution >= 4 is 23.4 Å². The van der Waals surface area contributed by atoms with Gasteiger partial charge in [0.1, 0.15) is 5.60 Å². The topological polar surface area (TPSA) is 55.8 Å². The standard InChI is InChI=1S/C14H19NO4S/c1-14(2,3)19-13(17)15-6-5-11-9(7-15)10(8-20-11)12(16)18-4/h8H,5-7H2,1-4H3. The number of ether oxygens (including phenoxy) is 2. The van der Waals surface area contributed by atoms with Crippen LogP contribution in [0.25, 0.3) is 0 Å². The van der Waals surface area contributed by atoms with Gasteiger partial charge in [0, 0.05) is 22.4 Å². The van der Waals surface area contributed by atoms with E-state index in [1.807, 2.05) is 20.8 Å². The summed E-state index contributed by atoms with van der Waals surface area (Å²) in [6.07, 6.45) is 0.404. The third-order valence-electron chi connectivity index (χ3n) is 3.00. The van der Waals surface area contributed by atoms with Gasteiger partial charge in [0.05, 0.1) is 19.2 Å². The Balaban J connectivity index is 2.15. The number of amides is 1. The van der Waals surface area contributed by atoms with E-state index in [4.69, 9.17) is 9.47 Å². The number of esters is 1. The Morgan fingerprint density at radius 2 is 2.05 bits per heavy atom. The van der Waals surface area contributed by atoms with Crippen LogP contribution in [0.1, 0.15) is 41.6 Å². The van der Waals surface area contributed by atoms with Crippen molar-refractivity contribution in [1.82, 2.24) is 4.90 Å². The Hall–Kier alpha value is -1.56. The van der Waals surface area contributed by atoms with E-state index in [0.29, 0.717) is 18.7 Å². The zero-order chi connectivity index (χ0) is 14.9. The highest BCUT2D eigenvalue weighted by Crippen LogP contribution is 2.29. The molecule has 1 aromatic rings. The van der Waals surface area contributed by atoms with Gasteiger partial charge >= 0.3 is 12.1 Å². The SMILES string of the molecule is COC(=O)c1csc2c1CN(C(=O)OC(C)(C)C)CC2. The molecule has 0 radical (unpaired) electrons. The number of thiophene rings is 1. The van der Waals surface area contributed by atoms with Crippen molar-refractivity contribution in [1.29, 1.82) is 0 Å². The van der Waals surface area contributed by atoms with Crippen LogP contribution in [0.3, 0.4) is 0 Å². The molecular formula is C14H19NO4S. The van der Waals surface area contributed by atoms with Crippen LogP contribution in [0.15, 0.2) is 5.38 Å². The van der Waals surface area contributed by atoms with Crippen molar-refractivity contribution in [2.45, 2.75) is 39.3 Å². The largest absolute Gasteiger partial charge is 0.465 e. The summed E-state index contributed by atoms with van der Waals surface area (Å²) >= 11 is 1.54. The number of rotatable bonds is 1. The number of nitrogens with zero attached hydrogens (tertiary/aromatic N) is 1. The highest BCUT2D eigenvalue weighted by molar-refractivity contribution is 7.10. The van der Waals surface area contributed by atoms with E-state index < -0.39 is 5.60 Å². The van der Waals surface area contributed by atoms with E-state index >= 15 is 0 Å². The molecule has 0 aromatic carbocycles. The van der Waals surface area contributed by atoms with E-state index in [2.05, 4.69) is 0 Å². The lowest BCUT2D eigenvalue weighted by molar-refractivity contribution is 0.0222. The highest BCUT2D eigenvalue weighted by Gasteiger charge is 2.29. The van der Waals surface area contributed by atoms with Crippen LogP contribution in [-0.4, -0.2) is 36.2 Å². The summed E-state index contributed by atoms with van der Waals surface area (Å²) in [5.74, 6) is -0.353. The molecule has 0 atom stereocenters. The molecule has 0 fully saturated rings. The third kappa shape index (κ3) is 3.12. The molecule has 1 aromatic heterocycles. The number of carbonyl (C=O) groups excluding carboxylic acids is 2. The summed E-state index contributed by atoms with van der Waals surface area (Å²) in [6.45, 7) is 6.53. The van der Waals surface area contributed by atoms with Crippen LogP contribution >= 0.6 is 11.3 Å². The fourth-order valence-electron chi connectivity index (χ4n) is 2.08. The summed E-state index contributed by atoms with van der Waals surface area (Å²) in [7, 11) is 1.36.